The molecule has 0 saturated heterocycles. The third-order valence-corrected chi connectivity index (χ3v) is 3.87. The van der Waals surface area contributed by atoms with Crippen molar-refractivity contribution < 1.29 is 5.11 Å². The van der Waals surface area contributed by atoms with Crippen LogP contribution in [0.15, 0.2) is 59.4 Å². The molecule has 3 nitrogen and oxygen atoms in total. The van der Waals surface area contributed by atoms with Gasteiger partial charge in [0.2, 0.25) is 5.56 Å². The van der Waals surface area contributed by atoms with E-state index in [0.717, 1.165) is 22.3 Å². The van der Waals surface area contributed by atoms with Gasteiger partial charge in [-0.25, -0.2) is 0 Å². The summed E-state index contributed by atoms with van der Waals surface area (Å²) in [4.78, 5) is 14.8. The van der Waals surface area contributed by atoms with Gasteiger partial charge in [0.05, 0.1) is 5.69 Å². The molecule has 0 bridgehead atoms. The summed E-state index contributed by atoms with van der Waals surface area (Å²) in [6, 6.07) is 16.0. The molecule has 1 aromatic heterocycles. The Morgan fingerprint density at radius 3 is 2.50 bits per heavy atom. The maximum absolute atomic E-state index is 12.0. The summed E-state index contributed by atoms with van der Waals surface area (Å²) in [6.45, 7) is 1.82. The molecule has 0 spiro atoms. The van der Waals surface area contributed by atoms with E-state index in [-0.39, 0.29) is 11.3 Å². The van der Waals surface area contributed by atoms with Crippen LogP contribution in [0.1, 0.15) is 5.56 Å². The number of pyridine rings is 1. The van der Waals surface area contributed by atoms with Crippen molar-refractivity contribution in [2.24, 2.45) is 0 Å². The fourth-order valence-corrected chi connectivity index (χ4v) is 2.61. The Labute approximate surface area is 132 Å². The predicted molar refractivity (Wildman–Crippen MR) is 89.3 cm³/mol. The van der Waals surface area contributed by atoms with E-state index in [1.165, 1.54) is 6.07 Å². The predicted octanol–water partition coefficient (Wildman–Crippen LogP) is 4.38. The second-order valence-electron chi connectivity index (χ2n) is 5.13. The van der Waals surface area contributed by atoms with E-state index in [4.69, 9.17) is 11.6 Å². The van der Waals surface area contributed by atoms with E-state index in [1.54, 1.807) is 18.2 Å². The number of phenols is 1. The van der Waals surface area contributed by atoms with E-state index in [2.05, 4.69) is 4.98 Å². The molecule has 1 heterocycles. The average molecular weight is 312 g/mol. The van der Waals surface area contributed by atoms with Crippen molar-refractivity contribution in [2.45, 2.75) is 6.92 Å². The maximum atomic E-state index is 12.0. The Morgan fingerprint density at radius 2 is 1.77 bits per heavy atom. The van der Waals surface area contributed by atoms with Crippen LogP contribution < -0.4 is 5.56 Å². The minimum atomic E-state index is -0.196. The third-order valence-electron chi connectivity index (χ3n) is 3.54. The molecule has 0 saturated carbocycles. The van der Waals surface area contributed by atoms with E-state index in [9.17, 15) is 9.90 Å². The van der Waals surface area contributed by atoms with Gasteiger partial charge in [-0.1, -0.05) is 35.9 Å². The fraction of sp³-hybridized carbons (Fsp3) is 0.0556. The van der Waals surface area contributed by atoms with Crippen molar-refractivity contribution in [3.05, 3.63) is 75.5 Å². The molecule has 0 aliphatic carbocycles. The highest BCUT2D eigenvalue weighted by Crippen LogP contribution is 2.29. The van der Waals surface area contributed by atoms with Crippen molar-refractivity contribution >= 4 is 11.6 Å². The number of halogens is 1. The molecule has 0 atom stereocenters. The van der Waals surface area contributed by atoms with Gasteiger partial charge >= 0.3 is 0 Å². The average Bonchev–Trinajstić information content (AvgIpc) is 2.50. The minimum absolute atomic E-state index is 0.196. The first-order valence-corrected chi connectivity index (χ1v) is 7.21. The second-order valence-corrected chi connectivity index (χ2v) is 5.54. The molecule has 2 N–H and O–H groups in total. The molecule has 3 rings (SSSR count). The number of rotatable bonds is 2. The third kappa shape index (κ3) is 2.76. The molecule has 0 aliphatic heterocycles. The first-order chi connectivity index (χ1) is 10.5. The van der Waals surface area contributed by atoms with Crippen LogP contribution in [0.2, 0.25) is 5.02 Å². The number of hydrogen-bond donors (Lipinski definition) is 2. The van der Waals surface area contributed by atoms with Crippen molar-refractivity contribution in [2.75, 3.05) is 0 Å². The molecular formula is C18H14ClNO2. The number of phenolic OH excluding ortho intramolecular Hbond substituents is 1. The normalized spacial score (nSPS) is 10.6. The second kappa shape index (κ2) is 5.70. The molecule has 0 fully saturated rings. The van der Waals surface area contributed by atoms with Gasteiger partial charge < -0.3 is 10.1 Å². The van der Waals surface area contributed by atoms with Gasteiger partial charge in [-0.2, -0.15) is 0 Å². The number of aryl methyl sites for hydroxylation is 1. The SMILES string of the molecule is Cc1cc(-c2cc(-c3ccccc3Cl)[nH]c(=O)c2)ccc1O. The van der Waals surface area contributed by atoms with Gasteiger partial charge in [0, 0.05) is 16.7 Å². The Kier molecular flexibility index (Phi) is 3.73. The summed E-state index contributed by atoms with van der Waals surface area (Å²) < 4.78 is 0. The highest BCUT2D eigenvalue weighted by Gasteiger charge is 2.08. The van der Waals surface area contributed by atoms with Crippen LogP contribution in [-0.4, -0.2) is 10.1 Å². The molecule has 0 amide bonds. The van der Waals surface area contributed by atoms with Crippen molar-refractivity contribution in [3.63, 3.8) is 0 Å². The van der Waals surface area contributed by atoms with E-state index >= 15 is 0 Å². The van der Waals surface area contributed by atoms with Crippen LogP contribution >= 0.6 is 11.6 Å². The van der Waals surface area contributed by atoms with Crippen molar-refractivity contribution in [1.29, 1.82) is 0 Å². The van der Waals surface area contributed by atoms with Crippen molar-refractivity contribution in [1.82, 2.24) is 4.98 Å². The summed E-state index contributed by atoms with van der Waals surface area (Å²) in [5.41, 5.74) is 3.66. The number of aromatic hydroxyl groups is 1. The van der Waals surface area contributed by atoms with Crippen LogP contribution in [0.3, 0.4) is 0 Å². The minimum Gasteiger partial charge on any atom is -0.508 e. The van der Waals surface area contributed by atoms with Gasteiger partial charge in [0.15, 0.2) is 0 Å². The Hall–Kier alpha value is -2.52. The summed E-state index contributed by atoms with van der Waals surface area (Å²) in [5.74, 6) is 0.236. The first kappa shape index (κ1) is 14.4. The fourth-order valence-electron chi connectivity index (χ4n) is 2.37. The largest absolute Gasteiger partial charge is 0.508 e. The number of H-pyrrole nitrogens is 1. The highest BCUT2D eigenvalue weighted by molar-refractivity contribution is 6.33. The summed E-state index contributed by atoms with van der Waals surface area (Å²) in [6.07, 6.45) is 0. The topological polar surface area (TPSA) is 53.1 Å². The zero-order valence-corrected chi connectivity index (χ0v) is 12.7. The van der Waals surface area contributed by atoms with Gasteiger partial charge in [-0.15, -0.1) is 0 Å². The van der Waals surface area contributed by atoms with Gasteiger partial charge in [-0.3, -0.25) is 4.79 Å². The molecule has 0 unspecified atom stereocenters. The highest BCUT2D eigenvalue weighted by atomic mass is 35.5. The monoisotopic (exact) mass is 311 g/mol. The molecule has 4 heteroatoms. The summed E-state index contributed by atoms with van der Waals surface area (Å²) in [7, 11) is 0. The van der Waals surface area contributed by atoms with Crippen LogP contribution in [0.4, 0.5) is 0 Å². The van der Waals surface area contributed by atoms with E-state index < -0.39 is 0 Å². The lowest BCUT2D eigenvalue weighted by molar-refractivity contribution is 0.471. The number of hydrogen-bond acceptors (Lipinski definition) is 2. The smallest absolute Gasteiger partial charge is 0.249 e. The van der Waals surface area contributed by atoms with Gasteiger partial charge in [-0.05, 0) is 47.9 Å². The van der Waals surface area contributed by atoms with Crippen LogP contribution in [-0.2, 0) is 0 Å². The molecule has 3 aromatic rings. The van der Waals surface area contributed by atoms with Crippen LogP contribution in [0, 0.1) is 6.92 Å². The lowest BCUT2D eigenvalue weighted by Gasteiger charge is -2.08. The number of benzene rings is 2. The molecular weight excluding hydrogens is 298 g/mol. The number of aromatic amines is 1. The lowest BCUT2D eigenvalue weighted by Crippen LogP contribution is -2.06. The van der Waals surface area contributed by atoms with E-state index in [1.807, 2.05) is 37.3 Å². The summed E-state index contributed by atoms with van der Waals surface area (Å²) >= 11 is 6.20. The first-order valence-electron chi connectivity index (χ1n) is 6.84. The van der Waals surface area contributed by atoms with Gasteiger partial charge in [0.25, 0.3) is 0 Å². The molecule has 2 aromatic carbocycles. The molecule has 22 heavy (non-hydrogen) atoms. The number of nitrogens with one attached hydrogen (secondary N) is 1. The zero-order valence-electron chi connectivity index (χ0n) is 11.9. The standard InChI is InChI=1S/C18H14ClNO2/c1-11-8-12(6-7-17(11)21)13-9-16(20-18(22)10-13)14-4-2-3-5-15(14)19/h2-10,21H,1H3,(H,20,22). The Balaban J connectivity index is 2.17. The van der Waals surface area contributed by atoms with Crippen LogP contribution in [0.25, 0.3) is 22.4 Å². The Morgan fingerprint density at radius 1 is 1.00 bits per heavy atom. The molecule has 110 valence electrons. The van der Waals surface area contributed by atoms with Crippen molar-refractivity contribution in [3.8, 4) is 28.1 Å². The van der Waals surface area contributed by atoms with Crippen LogP contribution in [0.5, 0.6) is 5.75 Å². The van der Waals surface area contributed by atoms with Gasteiger partial charge in [0.1, 0.15) is 5.75 Å². The molecule has 0 aliphatic rings. The summed E-state index contributed by atoms with van der Waals surface area (Å²) in [5, 5.41) is 10.2. The quantitative estimate of drug-likeness (QED) is 0.738. The maximum Gasteiger partial charge on any atom is 0.249 e. The Bertz CT molecular complexity index is 900. The molecule has 0 radical (unpaired) electrons. The van der Waals surface area contributed by atoms with E-state index in [0.29, 0.717) is 10.7 Å². The zero-order chi connectivity index (χ0) is 15.7. The lowest BCUT2D eigenvalue weighted by atomic mass is 10.0. The number of aromatic nitrogens is 1.